The summed E-state index contributed by atoms with van der Waals surface area (Å²) in [6, 6.07) is 32.0. The van der Waals surface area contributed by atoms with E-state index in [1.165, 1.54) is 24.2 Å². The van der Waals surface area contributed by atoms with Gasteiger partial charge in [0.15, 0.2) is 6.29 Å². The average Bonchev–Trinajstić information content (AvgIpc) is 3.50. The van der Waals surface area contributed by atoms with Crippen LogP contribution in [0.4, 0.5) is 0 Å². The molecule has 0 spiro atoms. The van der Waals surface area contributed by atoms with Gasteiger partial charge in [0.25, 0.3) is 11.8 Å². The van der Waals surface area contributed by atoms with Crippen LogP contribution in [0.15, 0.2) is 97.1 Å². The molecule has 0 aromatic heterocycles. The molecule has 8 rings (SSSR count). The van der Waals surface area contributed by atoms with Gasteiger partial charge in [-0.1, -0.05) is 99.6 Å². The highest BCUT2D eigenvalue weighted by molar-refractivity contribution is 6.21. The van der Waals surface area contributed by atoms with Gasteiger partial charge in [0, 0.05) is 31.1 Å². The smallest absolute Gasteiger partial charge is 0.261 e. The molecule has 3 heterocycles. The molecule has 0 radical (unpaired) electrons. The number of rotatable bonds is 8. The molecule has 1 N–H and O–H groups in total. The average molecular weight is 671 g/mol. The Labute approximate surface area is 294 Å². The van der Waals surface area contributed by atoms with Gasteiger partial charge in [0.1, 0.15) is 0 Å². The van der Waals surface area contributed by atoms with E-state index in [2.05, 4.69) is 62.1 Å². The van der Waals surface area contributed by atoms with Crippen molar-refractivity contribution in [1.82, 2.24) is 9.80 Å². The van der Waals surface area contributed by atoms with Crippen LogP contribution in [0.25, 0.3) is 11.1 Å². The van der Waals surface area contributed by atoms with Crippen LogP contribution in [0, 0.1) is 10.8 Å². The van der Waals surface area contributed by atoms with E-state index in [9.17, 15) is 14.7 Å². The molecule has 7 nitrogen and oxygen atoms in total. The first-order valence-corrected chi connectivity index (χ1v) is 18.0. The first-order valence-electron chi connectivity index (χ1n) is 18.0. The van der Waals surface area contributed by atoms with E-state index in [0.717, 1.165) is 52.9 Å². The van der Waals surface area contributed by atoms with Crippen molar-refractivity contribution in [3.05, 3.63) is 130 Å². The number of likely N-dealkylation sites (tertiary alicyclic amines) is 1. The fourth-order valence-electron chi connectivity index (χ4n) is 9.33. The normalized spacial score (nSPS) is 27.5. The molecule has 1 saturated carbocycles. The van der Waals surface area contributed by atoms with Crippen molar-refractivity contribution in [2.75, 3.05) is 13.1 Å². The summed E-state index contributed by atoms with van der Waals surface area (Å²) in [5.74, 6) is -0.501. The van der Waals surface area contributed by atoms with Crippen LogP contribution < -0.4 is 0 Å². The number of aliphatic hydroxyl groups is 1. The second-order valence-electron chi connectivity index (χ2n) is 16.1. The maximum Gasteiger partial charge on any atom is 0.261 e. The number of imide groups is 1. The Balaban J connectivity index is 1.00. The van der Waals surface area contributed by atoms with Gasteiger partial charge >= 0.3 is 0 Å². The highest BCUT2D eigenvalue weighted by Gasteiger charge is 2.50. The van der Waals surface area contributed by atoms with Crippen LogP contribution in [-0.4, -0.2) is 52.0 Å². The van der Waals surface area contributed by atoms with Crippen molar-refractivity contribution in [1.29, 1.82) is 0 Å². The van der Waals surface area contributed by atoms with Crippen molar-refractivity contribution in [3.8, 4) is 11.1 Å². The Morgan fingerprint density at radius 1 is 0.760 bits per heavy atom. The van der Waals surface area contributed by atoms with Crippen LogP contribution >= 0.6 is 0 Å². The minimum atomic E-state index is -0.514. The van der Waals surface area contributed by atoms with Crippen LogP contribution in [0.5, 0.6) is 0 Å². The number of aliphatic hydroxyl groups excluding tert-OH is 1. The molecular formula is C43H46N2O5. The molecule has 4 aromatic rings. The lowest BCUT2D eigenvalue weighted by Crippen LogP contribution is -2.42. The van der Waals surface area contributed by atoms with E-state index >= 15 is 0 Å². The minimum Gasteiger partial charge on any atom is -0.392 e. The van der Waals surface area contributed by atoms with Gasteiger partial charge in [-0.2, -0.15) is 0 Å². The molecular weight excluding hydrogens is 624 g/mol. The standard InChI is InChI=1S/C43H46N2O5/c1-42(2)21-34-22-43(3,26-42)27-44(34)24-35-20-38(31-13-11-28(25-46)12-14-31)50-41(49-35)32-17-15-30(16-18-32)33-8-6-7-29(19-33)23-45-39(47)36-9-4-5-10-37(36)40(45)48/h4-19,34-35,38,41,46H,20-27H2,1-3H3/t34?,35-,38+,41+,43?/m0/s1. The Kier molecular flexibility index (Phi) is 8.51. The van der Waals surface area contributed by atoms with Crippen LogP contribution in [0.2, 0.25) is 0 Å². The van der Waals surface area contributed by atoms with E-state index < -0.39 is 6.29 Å². The molecule has 7 heteroatoms. The second kappa shape index (κ2) is 12.9. The van der Waals surface area contributed by atoms with Crippen molar-refractivity contribution in [2.45, 2.75) is 84.1 Å². The number of amides is 2. The summed E-state index contributed by atoms with van der Waals surface area (Å²) in [5, 5.41) is 9.62. The van der Waals surface area contributed by atoms with Gasteiger partial charge in [-0.15, -0.1) is 0 Å². The van der Waals surface area contributed by atoms with E-state index in [1.54, 1.807) is 24.3 Å². The largest absolute Gasteiger partial charge is 0.392 e. The summed E-state index contributed by atoms with van der Waals surface area (Å²) in [7, 11) is 0. The van der Waals surface area contributed by atoms with Gasteiger partial charge in [-0.25, -0.2) is 0 Å². The molecule has 2 amide bonds. The quantitative estimate of drug-likeness (QED) is 0.191. The Bertz CT molecular complexity index is 1870. The molecule has 2 saturated heterocycles. The fourth-order valence-corrected chi connectivity index (χ4v) is 9.33. The van der Waals surface area contributed by atoms with Crippen molar-refractivity contribution < 1.29 is 24.2 Å². The molecule has 50 heavy (non-hydrogen) atoms. The zero-order valence-corrected chi connectivity index (χ0v) is 29.2. The maximum atomic E-state index is 13.0. The molecule has 258 valence electrons. The Hall–Kier alpha value is -4.14. The number of fused-ring (bicyclic) bond motifs is 3. The van der Waals surface area contributed by atoms with E-state index in [4.69, 9.17) is 9.47 Å². The third-order valence-corrected chi connectivity index (χ3v) is 11.2. The third-order valence-electron chi connectivity index (χ3n) is 11.2. The Morgan fingerprint density at radius 3 is 2.16 bits per heavy atom. The van der Waals surface area contributed by atoms with Crippen molar-refractivity contribution in [3.63, 3.8) is 0 Å². The zero-order valence-electron chi connectivity index (χ0n) is 29.2. The number of hydrogen-bond acceptors (Lipinski definition) is 6. The maximum absolute atomic E-state index is 13.0. The predicted octanol–water partition coefficient (Wildman–Crippen LogP) is 8.09. The number of carbonyl (C=O) groups is 2. The number of benzene rings is 4. The molecule has 5 atom stereocenters. The van der Waals surface area contributed by atoms with E-state index in [0.29, 0.717) is 28.0 Å². The monoisotopic (exact) mass is 670 g/mol. The molecule has 1 aliphatic carbocycles. The highest BCUT2D eigenvalue weighted by atomic mass is 16.7. The second-order valence-corrected chi connectivity index (χ2v) is 16.1. The minimum absolute atomic E-state index is 0.0147. The summed E-state index contributed by atoms with van der Waals surface area (Å²) < 4.78 is 13.5. The summed E-state index contributed by atoms with van der Waals surface area (Å²) in [4.78, 5) is 30.0. The van der Waals surface area contributed by atoms with Gasteiger partial charge in [-0.05, 0) is 76.1 Å². The summed E-state index contributed by atoms with van der Waals surface area (Å²) in [6.45, 7) is 9.54. The van der Waals surface area contributed by atoms with E-state index in [-0.39, 0.29) is 37.2 Å². The lowest BCUT2D eigenvalue weighted by molar-refractivity contribution is -0.253. The molecule has 3 fully saturated rings. The summed E-state index contributed by atoms with van der Waals surface area (Å²) in [6.07, 6.45) is 3.90. The van der Waals surface area contributed by atoms with Gasteiger partial charge < -0.3 is 14.6 Å². The number of carbonyl (C=O) groups excluding carboxylic acids is 2. The summed E-state index contributed by atoms with van der Waals surface area (Å²) in [5.41, 5.74) is 7.51. The molecule has 4 aliphatic rings. The zero-order chi connectivity index (χ0) is 34.6. The predicted molar refractivity (Wildman–Crippen MR) is 192 cm³/mol. The van der Waals surface area contributed by atoms with Gasteiger partial charge in [0.2, 0.25) is 0 Å². The topological polar surface area (TPSA) is 79.3 Å². The van der Waals surface area contributed by atoms with Crippen molar-refractivity contribution >= 4 is 11.8 Å². The first kappa shape index (κ1) is 33.0. The number of ether oxygens (including phenoxy) is 2. The van der Waals surface area contributed by atoms with Gasteiger partial charge in [-0.3, -0.25) is 19.4 Å². The fraction of sp³-hybridized carbons (Fsp3) is 0.395. The van der Waals surface area contributed by atoms with Crippen LogP contribution in [0.3, 0.4) is 0 Å². The lowest BCUT2D eigenvalue weighted by Gasteiger charge is -2.41. The number of nitrogens with zero attached hydrogens (tertiary/aromatic N) is 2. The SMILES string of the molecule is CC1(C)CC2CC(C)(CN2C[C@@H]2C[C@H](c3ccc(CO)cc3)O[C@H](c3ccc(-c4cccc(CN5C(=O)c6ccccc6C5=O)c4)cc3)O2)C1. The first-order chi connectivity index (χ1) is 24.1. The van der Waals surface area contributed by atoms with E-state index in [1.807, 2.05) is 36.4 Å². The van der Waals surface area contributed by atoms with Gasteiger partial charge in [0.05, 0.1) is 36.5 Å². The van der Waals surface area contributed by atoms with Crippen molar-refractivity contribution in [2.24, 2.45) is 10.8 Å². The van der Waals surface area contributed by atoms with Crippen LogP contribution in [0.1, 0.15) is 102 Å². The Morgan fingerprint density at radius 2 is 1.46 bits per heavy atom. The third kappa shape index (κ3) is 6.44. The highest BCUT2D eigenvalue weighted by Crippen LogP contribution is 2.53. The number of hydrogen-bond donors (Lipinski definition) is 1. The summed E-state index contributed by atoms with van der Waals surface area (Å²) >= 11 is 0. The molecule has 2 unspecified atom stereocenters. The lowest BCUT2D eigenvalue weighted by atomic mass is 9.65. The van der Waals surface area contributed by atoms with Crippen LogP contribution in [-0.2, 0) is 22.6 Å². The molecule has 4 aromatic carbocycles. The molecule has 3 aliphatic heterocycles. The molecule has 2 bridgehead atoms.